The van der Waals surface area contributed by atoms with E-state index < -0.39 is 0 Å². The van der Waals surface area contributed by atoms with Gasteiger partial charge in [0.05, 0.1) is 4.87 Å². The Hall–Kier alpha value is -0.220. The first-order chi connectivity index (χ1) is 7.46. The molecule has 16 heavy (non-hydrogen) atoms. The minimum Gasteiger partial charge on any atom is -0.327 e. The number of amides is 1. The Morgan fingerprint density at radius 3 is 2.50 bits per heavy atom. The van der Waals surface area contributed by atoms with E-state index in [2.05, 4.69) is 10.2 Å². The lowest BCUT2D eigenvalue weighted by Crippen LogP contribution is -2.54. The van der Waals surface area contributed by atoms with Crippen molar-refractivity contribution in [3.8, 4) is 0 Å². The largest absolute Gasteiger partial charge is 0.327 e. The van der Waals surface area contributed by atoms with Gasteiger partial charge in [0.25, 0.3) is 0 Å². The highest BCUT2D eigenvalue weighted by molar-refractivity contribution is 8.00. The summed E-state index contributed by atoms with van der Waals surface area (Å²) in [6.07, 6.45) is 2.19. The molecule has 92 valence electrons. The summed E-state index contributed by atoms with van der Waals surface area (Å²) in [7, 11) is 0. The molecular formula is C12H22N2OS. The van der Waals surface area contributed by atoms with Crippen molar-refractivity contribution in [2.45, 2.75) is 38.5 Å². The van der Waals surface area contributed by atoms with Crippen LogP contribution in [0.5, 0.6) is 0 Å². The normalized spacial score (nSPS) is 25.1. The smallest absolute Gasteiger partial charge is 0.229 e. The van der Waals surface area contributed by atoms with Crippen molar-refractivity contribution < 1.29 is 4.79 Å². The van der Waals surface area contributed by atoms with Crippen LogP contribution in [0.3, 0.4) is 0 Å². The Labute approximate surface area is 102 Å². The van der Waals surface area contributed by atoms with E-state index in [-0.39, 0.29) is 10.3 Å². The summed E-state index contributed by atoms with van der Waals surface area (Å²) < 4.78 is 0. The average Bonchev–Trinajstić information content (AvgIpc) is 2.60. The third-order valence-electron chi connectivity index (χ3n) is 3.45. The van der Waals surface area contributed by atoms with Gasteiger partial charge in [0.2, 0.25) is 5.91 Å². The summed E-state index contributed by atoms with van der Waals surface area (Å²) in [5, 5.41) is 3.38. The monoisotopic (exact) mass is 242 g/mol. The van der Waals surface area contributed by atoms with E-state index in [4.69, 9.17) is 0 Å². The SMILES string of the molecule is CC(C)(C)C(=O)N1CCSC12CCNCC2. The number of thioether (sulfide) groups is 1. The van der Waals surface area contributed by atoms with Crippen LogP contribution in [-0.4, -0.2) is 41.1 Å². The van der Waals surface area contributed by atoms with Gasteiger partial charge in [0, 0.05) is 17.7 Å². The summed E-state index contributed by atoms with van der Waals surface area (Å²) in [6, 6.07) is 0. The molecule has 0 atom stereocenters. The molecule has 3 nitrogen and oxygen atoms in total. The van der Waals surface area contributed by atoms with Crippen LogP contribution in [0.1, 0.15) is 33.6 Å². The van der Waals surface area contributed by atoms with Gasteiger partial charge in [-0.1, -0.05) is 20.8 Å². The van der Waals surface area contributed by atoms with E-state index in [0.717, 1.165) is 38.2 Å². The highest BCUT2D eigenvalue weighted by Gasteiger charge is 2.47. The van der Waals surface area contributed by atoms with Crippen molar-refractivity contribution in [1.82, 2.24) is 10.2 Å². The highest BCUT2D eigenvalue weighted by atomic mass is 32.2. The summed E-state index contributed by atoms with van der Waals surface area (Å²) in [5.41, 5.74) is -0.247. The molecule has 2 saturated heterocycles. The molecule has 2 fully saturated rings. The minimum atomic E-state index is -0.247. The maximum absolute atomic E-state index is 12.4. The fourth-order valence-electron chi connectivity index (χ4n) is 2.53. The Morgan fingerprint density at radius 2 is 1.94 bits per heavy atom. The van der Waals surface area contributed by atoms with Gasteiger partial charge < -0.3 is 10.2 Å². The maximum atomic E-state index is 12.4. The van der Waals surface area contributed by atoms with Gasteiger partial charge in [0.1, 0.15) is 0 Å². The van der Waals surface area contributed by atoms with Crippen LogP contribution >= 0.6 is 11.8 Å². The van der Waals surface area contributed by atoms with E-state index in [0.29, 0.717) is 5.91 Å². The van der Waals surface area contributed by atoms with E-state index >= 15 is 0 Å². The first-order valence-electron chi connectivity index (χ1n) is 6.12. The summed E-state index contributed by atoms with van der Waals surface area (Å²) in [4.78, 5) is 14.7. The lowest BCUT2D eigenvalue weighted by molar-refractivity contribution is -0.142. The number of carbonyl (C=O) groups is 1. The van der Waals surface area contributed by atoms with Crippen LogP contribution in [0.25, 0.3) is 0 Å². The quantitative estimate of drug-likeness (QED) is 0.701. The molecule has 0 aromatic carbocycles. The number of hydrogen-bond donors (Lipinski definition) is 1. The van der Waals surface area contributed by atoms with Gasteiger partial charge in [0.15, 0.2) is 0 Å². The second-order valence-corrected chi connectivity index (χ2v) is 7.21. The maximum Gasteiger partial charge on any atom is 0.229 e. The second kappa shape index (κ2) is 4.22. The van der Waals surface area contributed by atoms with Crippen molar-refractivity contribution in [2.75, 3.05) is 25.4 Å². The number of nitrogens with one attached hydrogen (secondary N) is 1. The molecule has 1 amide bonds. The molecule has 1 spiro atoms. The predicted octanol–water partition coefficient (Wildman–Crippen LogP) is 1.69. The summed E-state index contributed by atoms with van der Waals surface area (Å²) >= 11 is 1.98. The minimum absolute atomic E-state index is 0.107. The Bertz CT molecular complexity index is 279. The topological polar surface area (TPSA) is 32.3 Å². The van der Waals surface area contributed by atoms with Crippen LogP contribution in [0.4, 0.5) is 0 Å². The third-order valence-corrected chi connectivity index (χ3v) is 5.00. The van der Waals surface area contributed by atoms with Crippen LogP contribution in [0, 0.1) is 5.41 Å². The predicted molar refractivity (Wildman–Crippen MR) is 68.5 cm³/mol. The fraction of sp³-hybridized carbons (Fsp3) is 0.917. The van der Waals surface area contributed by atoms with E-state index in [1.54, 1.807) is 0 Å². The van der Waals surface area contributed by atoms with Gasteiger partial charge in [-0.05, 0) is 25.9 Å². The van der Waals surface area contributed by atoms with Crippen molar-refractivity contribution >= 4 is 17.7 Å². The second-order valence-electron chi connectivity index (χ2n) is 5.75. The summed E-state index contributed by atoms with van der Waals surface area (Å²) in [5.74, 6) is 1.42. The van der Waals surface area contributed by atoms with Gasteiger partial charge in [-0.15, -0.1) is 11.8 Å². The molecule has 2 heterocycles. The Morgan fingerprint density at radius 1 is 1.31 bits per heavy atom. The van der Waals surface area contributed by atoms with Gasteiger partial charge in [-0.25, -0.2) is 0 Å². The molecule has 1 N–H and O–H groups in total. The first-order valence-corrected chi connectivity index (χ1v) is 7.11. The molecular weight excluding hydrogens is 220 g/mol. The lowest BCUT2D eigenvalue weighted by atomic mass is 9.92. The van der Waals surface area contributed by atoms with Crippen LogP contribution < -0.4 is 5.32 Å². The van der Waals surface area contributed by atoms with Gasteiger partial charge in [-0.3, -0.25) is 4.79 Å². The Kier molecular flexibility index (Phi) is 3.23. The van der Waals surface area contributed by atoms with Crippen molar-refractivity contribution in [3.05, 3.63) is 0 Å². The first kappa shape index (κ1) is 12.2. The van der Waals surface area contributed by atoms with Crippen molar-refractivity contribution in [1.29, 1.82) is 0 Å². The number of rotatable bonds is 0. The third kappa shape index (κ3) is 2.09. The molecule has 2 aliphatic rings. The van der Waals surface area contributed by atoms with Crippen LogP contribution in [-0.2, 0) is 4.79 Å². The standard InChI is InChI=1S/C12H22N2OS/c1-11(2,3)10(15)14-8-9-16-12(14)4-6-13-7-5-12/h13H,4-9H2,1-3H3. The van der Waals surface area contributed by atoms with E-state index in [1.165, 1.54) is 0 Å². The number of piperidine rings is 1. The lowest BCUT2D eigenvalue weighted by Gasteiger charge is -2.43. The molecule has 0 saturated carbocycles. The molecule has 0 aromatic heterocycles. The molecule has 2 rings (SSSR count). The van der Waals surface area contributed by atoms with Gasteiger partial charge in [-0.2, -0.15) is 0 Å². The van der Waals surface area contributed by atoms with Crippen molar-refractivity contribution in [3.63, 3.8) is 0 Å². The average molecular weight is 242 g/mol. The van der Waals surface area contributed by atoms with E-state index in [9.17, 15) is 4.79 Å². The molecule has 0 radical (unpaired) electrons. The number of carbonyl (C=O) groups excluding carboxylic acids is 1. The van der Waals surface area contributed by atoms with Crippen LogP contribution in [0.2, 0.25) is 0 Å². The molecule has 4 heteroatoms. The molecule has 0 aromatic rings. The zero-order chi connectivity index (χ0) is 11.8. The molecule has 0 bridgehead atoms. The zero-order valence-electron chi connectivity index (χ0n) is 10.5. The van der Waals surface area contributed by atoms with E-state index in [1.807, 2.05) is 32.5 Å². The number of nitrogens with zero attached hydrogens (tertiary/aromatic N) is 1. The molecule has 2 aliphatic heterocycles. The molecule has 0 unspecified atom stereocenters. The molecule has 0 aliphatic carbocycles. The fourth-order valence-corrected chi connectivity index (χ4v) is 4.01. The van der Waals surface area contributed by atoms with Crippen molar-refractivity contribution in [2.24, 2.45) is 5.41 Å². The highest BCUT2D eigenvalue weighted by Crippen LogP contribution is 2.44. The van der Waals surface area contributed by atoms with Crippen LogP contribution in [0.15, 0.2) is 0 Å². The number of hydrogen-bond acceptors (Lipinski definition) is 3. The Balaban J connectivity index is 2.17. The summed E-state index contributed by atoms with van der Waals surface area (Å²) in [6.45, 7) is 9.08. The zero-order valence-corrected chi connectivity index (χ0v) is 11.3. The van der Waals surface area contributed by atoms with Gasteiger partial charge >= 0.3 is 0 Å².